The van der Waals surface area contributed by atoms with Gasteiger partial charge in [-0.1, -0.05) is 31.2 Å². The van der Waals surface area contributed by atoms with Crippen LogP contribution in [0.15, 0.2) is 29.3 Å². The standard InChI is InChI=1S/C22H35N3O2.HI/c1-17-3-9-20(10-4-17)25-22(23-2)24-15-18-5-7-19(8-6-18)16-27-21-11-13-26-14-12-21;/h5-8,17,20-21H,3-4,9-16H2,1-2H3,(H2,23,24,25);1H. The zero-order valence-corrected chi connectivity index (χ0v) is 19.6. The minimum Gasteiger partial charge on any atom is -0.381 e. The molecule has 6 heteroatoms. The van der Waals surface area contributed by atoms with Gasteiger partial charge >= 0.3 is 0 Å². The minimum atomic E-state index is 0. The highest BCUT2D eigenvalue weighted by molar-refractivity contribution is 14.0. The van der Waals surface area contributed by atoms with Crippen molar-refractivity contribution in [2.24, 2.45) is 10.9 Å². The van der Waals surface area contributed by atoms with Gasteiger partial charge in [0.1, 0.15) is 0 Å². The molecule has 28 heavy (non-hydrogen) atoms. The number of hydrogen-bond acceptors (Lipinski definition) is 3. The van der Waals surface area contributed by atoms with E-state index in [1.54, 1.807) is 0 Å². The van der Waals surface area contributed by atoms with E-state index in [-0.39, 0.29) is 24.0 Å². The second kappa shape index (κ2) is 12.6. The van der Waals surface area contributed by atoms with E-state index in [2.05, 4.69) is 46.8 Å². The van der Waals surface area contributed by atoms with Crippen molar-refractivity contribution in [3.8, 4) is 0 Å². The fraction of sp³-hybridized carbons (Fsp3) is 0.682. The molecule has 0 unspecified atom stereocenters. The molecule has 0 amide bonds. The summed E-state index contributed by atoms with van der Waals surface area (Å²) < 4.78 is 11.4. The maximum Gasteiger partial charge on any atom is 0.191 e. The van der Waals surface area contributed by atoms with Crippen LogP contribution in [0.4, 0.5) is 0 Å². The molecule has 0 radical (unpaired) electrons. The normalized spacial score (nSPS) is 23.7. The van der Waals surface area contributed by atoms with Gasteiger partial charge in [-0.05, 0) is 55.6 Å². The van der Waals surface area contributed by atoms with E-state index >= 15 is 0 Å². The van der Waals surface area contributed by atoms with Crippen molar-refractivity contribution in [2.45, 2.75) is 70.7 Å². The fourth-order valence-corrected chi connectivity index (χ4v) is 3.79. The maximum absolute atomic E-state index is 5.99. The quantitative estimate of drug-likeness (QED) is 0.348. The van der Waals surface area contributed by atoms with Crippen LogP contribution in [0.1, 0.15) is 56.6 Å². The summed E-state index contributed by atoms with van der Waals surface area (Å²) in [6.45, 7) is 5.46. The van der Waals surface area contributed by atoms with E-state index in [0.717, 1.165) is 44.5 Å². The first-order chi connectivity index (χ1) is 13.2. The molecule has 1 heterocycles. The van der Waals surface area contributed by atoms with Gasteiger partial charge in [0.15, 0.2) is 5.96 Å². The third-order valence-electron chi connectivity index (χ3n) is 5.72. The zero-order chi connectivity index (χ0) is 18.9. The SMILES string of the molecule is CN=C(NCc1ccc(COC2CCOCC2)cc1)NC1CCC(C)CC1.I. The molecule has 158 valence electrons. The summed E-state index contributed by atoms with van der Waals surface area (Å²) in [5.74, 6) is 1.77. The van der Waals surface area contributed by atoms with Gasteiger partial charge in [0, 0.05) is 32.8 Å². The van der Waals surface area contributed by atoms with Crippen molar-refractivity contribution in [3.05, 3.63) is 35.4 Å². The number of benzene rings is 1. The van der Waals surface area contributed by atoms with Crippen LogP contribution in [-0.2, 0) is 22.6 Å². The molecular weight excluding hydrogens is 465 g/mol. The Bertz CT molecular complexity index is 580. The lowest BCUT2D eigenvalue weighted by molar-refractivity contribution is -0.0390. The summed E-state index contributed by atoms with van der Waals surface area (Å²) in [6.07, 6.45) is 7.46. The molecule has 2 aliphatic rings. The summed E-state index contributed by atoms with van der Waals surface area (Å²) in [7, 11) is 1.84. The van der Waals surface area contributed by atoms with E-state index in [1.165, 1.54) is 36.8 Å². The monoisotopic (exact) mass is 501 g/mol. The van der Waals surface area contributed by atoms with Crippen LogP contribution in [0.25, 0.3) is 0 Å². The predicted molar refractivity (Wildman–Crippen MR) is 125 cm³/mol. The Morgan fingerprint density at radius 1 is 1.04 bits per heavy atom. The fourth-order valence-electron chi connectivity index (χ4n) is 3.79. The van der Waals surface area contributed by atoms with Gasteiger partial charge in [0.2, 0.25) is 0 Å². The lowest BCUT2D eigenvalue weighted by Crippen LogP contribution is -2.44. The average Bonchev–Trinajstić information content (AvgIpc) is 2.72. The number of hydrogen-bond donors (Lipinski definition) is 2. The zero-order valence-electron chi connectivity index (χ0n) is 17.3. The van der Waals surface area contributed by atoms with Crippen molar-refractivity contribution in [3.63, 3.8) is 0 Å². The summed E-state index contributed by atoms with van der Waals surface area (Å²) >= 11 is 0. The number of nitrogens with zero attached hydrogens (tertiary/aromatic N) is 1. The van der Waals surface area contributed by atoms with Crippen molar-refractivity contribution >= 4 is 29.9 Å². The van der Waals surface area contributed by atoms with Crippen LogP contribution in [0.3, 0.4) is 0 Å². The summed E-state index contributed by atoms with van der Waals surface area (Å²) in [5.41, 5.74) is 2.48. The van der Waals surface area contributed by atoms with Gasteiger partial charge in [-0.2, -0.15) is 0 Å². The van der Waals surface area contributed by atoms with Gasteiger partial charge in [0.05, 0.1) is 12.7 Å². The molecule has 0 atom stereocenters. The second-order valence-corrected chi connectivity index (χ2v) is 7.97. The largest absolute Gasteiger partial charge is 0.381 e. The first-order valence-electron chi connectivity index (χ1n) is 10.5. The number of nitrogens with one attached hydrogen (secondary N) is 2. The van der Waals surface area contributed by atoms with Crippen molar-refractivity contribution < 1.29 is 9.47 Å². The smallest absolute Gasteiger partial charge is 0.191 e. The van der Waals surface area contributed by atoms with E-state index in [9.17, 15) is 0 Å². The number of aliphatic imine (C=N–C) groups is 1. The molecule has 1 aromatic rings. The Morgan fingerprint density at radius 3 is 2.32 bits per heavy atom. The number of rotatable bonds is 6. The van der Waals surface area contributed by atoms with Crippen LogP contribution in [0, 0.1) is 5.92 Å². The molecule has 0 spiro atoms. The average molecular weight is 501 g/mol. The highest BCUT2D eigenvalue weighted by atomic mass is 127. The van der Waals surface area contributed by atoms with Crippen molar-refractivity contribution in [1.82, 2.24) is 10.6 Å². The van der Waals surface area contributed by atoms with E-state index in [4.69, 9.17) is 9.47 Å². The molecule has 5 nitrogen and oxygen atoms in total. The van der Waals surface area contributed by atoms with Crippen molar-refractivity contribution in [2.75, 3.05) is 20.3 Å². The van der Waals surface area contributed by atoms with Gasteiger partial charge in [-0.3, -0.25) is 4.99 Å². The topological polar surface area (TPSA) is 54.9 Å². The molecule has 1 saturated heterocycles. The van der Waals surface area contributed by atoms with Gasteiger partial charge in [0.25, 0.3) is 0 Å². The number of ether oxygens (including phenoxy) is 2. The van der Waals surface area contributed by atoms with E-state index in [1.807, 2.05) is 7.05 Å². The first-order valence-corrected chi connectivity index (χ1v) is 10.5. The van der Waals surface area contributed by atoms with Gasteiger partial charge < -0.3 is 20.1 Å². The number of guanidine groups is 1. The molecule has 3 rings (SSSR count). The Kier molecular flexibility index (Phi) is 10.6. The molecule has 0 bridgehead atoms. The minimum absolute atomic E-state index is 0. The second-order valence-electron chi connectivity index (χ2n) is 7.97. The third-order valence-corrected chi connectivity index (χ3v) is 5.72. The van der Waals surface area contributed by atoms with Crippen LogP contribution < -0.4 is 10.6 Å². The Morgan fingerprint density at radius 2 is 1.68 bits per heavy atom. The summed E-state index contributed by atoms with van der Waals surface area (Å²) in [6, 6.07) is 9.22. The van der Waals surface area contributed by atoms with Crippen LogP contribution in [0.2, 0.25) is 0 Å². The molecule has 2 N–H and O–H groups in total. The summed E-state index contributed by atoms with van der Waals surface area (Å²) in [5, 5.41) is 7.01. The number of halogens is 1. The molecule has 0 aromatic heterocycles. The lowest BCUT2D eigenvalue weighted by atomic mass is 9.87. The van der Waals surface area contributed by atoms with Crippen LogP contribution >= 0.6 is 24.0 Å². The summed E-state index contributed by atoms with van der Waals surface area (Å²) in [4.78, 5) is 4.38. The third kappa shape index (κ3) is 7.87. The van der Waals surface area contributed by atoms with Crippen molar-refractivity contribution in [1.29, 1.82) is 0 Å². The van der Waals surface area contributed by atoms with E-state index < -0.39 is 0 Å². The van der Waals surface area contributed by atoms with Crippen LogP contribution in [-0.4, -0.2) is 38.4 Å². The van der Waals surface area contributed by atoms with Gasteiger partial charge in [-0.25, -0.2) is 0 Å². The molecule has 1 aromatic carbocycles. The highest BCUT2D eigenvalue weighted by Crippen LogP contribution is 2.23. The Labute approximate surface area is 187 Å². The molecule has 1 aliphatic carbocycles. The maximum atomic E-state index is 5.99. The molecular formula is C22H36IN3O2. The highest BCUT2D eigenvalue weighted by Gasteiger charge is 2.18. The molecule has 1 aliphatic heterocycles. The first kappa shape index (κ1) is 23.4. The Hall–Kier alpha value is -0.860. The van der Waals surface area contributed by atoms with Gasteiger partial charge in [-0.15, -0.1) is 24.0 Å². The van der Waals surface area contributed by atoms with E-state index in [0.29, 0.717) is 18.8 Å². The lowest BCUT2D eigenvalue weighted by Gasteiger charge is -2.28. The molecule has 1 saturated carbocycles. The predicted octanol–water partition coefficient (Wildman–Crippen LogP) is 4.24. The Balaban J connectivity index is 0.00000280. The molecule has 2 fully saturated rings. The van der Waals surface area contributed by atoms with Crippen LogP contribution in [0.5, 0.6) is 0 Å².